The molecule has 1 aromatic heterocycles. The fourth-order valence-electron chi connectivity index (χ4n) is 1.32. The van der Waals surface area contributed by atoms with Crippen LogP contribution in [-0.4, -0.2) is 36.9 Å². The fourth-order valence-corrected chi connectivity index (χ4v) is 2.26. The number of hydrogen-bond acceptors (Lipinski definition) is 5. The molecule has 0 fully saturated rings. The van der Waals surface area contributed by atoms with Gasteiger partial charge in [0.2, 0.25) is 0 Å². The first-order valence-electron chi connectivity index (χ1n) is 4.86. The van der Waals surface area contributed by atoms with Crippen LogP contribution in [0.1, 0.15) is 19.2 Å². The van der Waals surface area contributed by atoms with Crippen LogP contribution in [0.2, 0.25) is 0 Å². The predicted molar refractivity (Wildman–Crippen MR) is 58.9 cm³/mol. The highest BCUT2D eigenvalue weighted by molar-refractivity contribution is 8.13. The first-order valence-corrected chi connectivity index (χ1v) is 7.17. The van der Waals surface area contributed by atoms with Crippen LogP contribution in [0.4, 0.5) is 0 Å². The topological polar surface area (TPSA) is 74.1 Å². The Balaban J connectivity index is 3.09. The molecule has 92 valence electrons. The lowest BCUT2D eigenvalue weighted by atomic mass is 10.3. The van der Waals surface area contributed by atoms with E-state index in [1.807, 2.05) is 6.92 Å². The van der Waals surface area contributed by atoms with Gasteiger partial charge in [-0.1, -0.05) is 6.92 Å². The minimum absolute atomic E-state index is 0.213. The quantitative estimate of drug-likeness (QED) is 0.713. The molecule has 0 aliphatic heterocycles. The molecule has 1 aromatic rings. The minimum atomic E-state index is -3.86. The van der Waals surface area contributed by atoms with E-state index >= 15 is 0 Å². The van der Waals surface area contributed by atoms with Gasteiger partial charge in [0.05, 0.1) is 6.61 Å². The third-order valence-corrected chi connectivity index (χ3v) is 3.16. The Morgan fingerprint density at radius 2 is 2.12 bits per heavy atom. The maximum absolute atomic E-state index is 11.2. The molecule has 0 unspecified atom stereocenters. The molecule has 0 aliphatic carbocycles. The molecule has 0 spiro atoms. The molecule has 0 saturated heterocycles. The van der Waals surface area contributed by atoms with E-state index in [1.165, 1.54) is 4.57 Å². The zero-order valence-corrected chi connectivity index (χ0v) is 10.8. The summed E-state index contributed by atoms with van der Waals surface area (Å²) in [4.78, 5) is 0. The molecule has 0 radical (unpaired) electrons. The molecule has 0 atom stereocenters. The van der Waals surface area contributed by atoms with Crippen LogP contribution in [0.25, 0.3) is 0 Å². The second-order valence-electron chi connectivity index (χ2n) is 3.23. The second kappa shape index (κ2) is 5.60. The van der Waals surface area contributed by atoms with E-state index in [2.05, 4.69) is 10.2 Å². The fraction of sp³-hybridized carbons (Fsp3) is 0.750. The number of halogens is 1. The van der Waals surface area contributed by atoms with Crippen molar-refractivity contribution in [2.45, 2.75) is 31.5 Å². The van der Waals surface area contributed by atoms with Crippen LogP contribution in [-0.2, 0) is 26.8 Å². The molecular formula is C8H14ClN3O3S. The third kappa shape index (κ3) is 3.16. The average Bonchev–Trinajstić information content (AvgIpc) is 2.58. The smallest absolute Gasteiger partial charge is 0.296 e. The van der Waals surface area contributed by atoms with Gasteiger partial charge in [-0.3, -0.25) is 4.57 Å². The summed E-state index contributed by atoms with van der Waals surface area (Å²) >= 11 is 0. The molecule has 1 rings (SSSR count). The third-order valence-electron chi connectivity index (χ3n) is 2.00. The van der Waals surface area contributed by atoms with E-state index in [0.717, 1.165) is 6.42 Å². The van der Waals surface area contributed by atoms with Gasteiger partial charge in [-0.25, -0.2) is 8.42 Å². The zero-order valence-electron chi connectivity index (χ0n) is 9.18. The van der Waals surface area contributed by atoms with Crippen LogP contribution in [0.3, 0.4) is 0 Å². The van der Waals surface area contributed by atoms with Crippen LogP contribution < -0.4 is 0 Å². The van der Waals surface area contributed by atoms with Crippen molar-refractivity contribution < 1.29 is 13.2 Å². The monoisotopic (exact) mass is 267 g/mol. The van der Waals surface area contributed by atoms with E-state index in [-0.39, 0.29) is 5.16 Å². The van der Waals surface area contributed by atoms with Gasteiger partial charge < -0.3 is 4.74 Å². The number of hydrogen-bond donors (Lipinski definition) is 0. The van der Waals surface area contributed by atoms with Crippen molar-refractivity contribution in [2.75, 3.05) is 13.7 Å². The Labute approximate surface area is 99.0 Å². The van der Waals surface area contributed by atoms with Gasteiger partial charge in [0.25, 0.3) is 14.2 Å². The molecular weight excluding hydrogens is 254 g/mol. The van der Waals surface area contributed by atoms with Crippen molar-refractivity contribution in [1.29, 1.82) is 0 Å². The molecule has 0 aliphatic rings. The summed E-state index contributed by atoms with van der Waals surface area (Å²) in [5, 5.41) is 7.20. The highest BCUT2D eigenvalue weighted by Gasteiger charge is 2.21. The number of ether oxygens (including phenoxy) is 1. The minimum Gasteiger partial charge on any atom is -0.383 e. The molecule has 0 N–H and O–H groups in total. The first kappa shape index (κ1) is 13.4. The van der Waals surface area contributed by atoms with Crippen LogP contribution >= 0.6 is 10.7 Å². The highest BCUT2D eigenvalue weighted by atomic mass is 35.7. The Hall–Kier alpha value is -0.660. The summed E-state index contributed by atoms with van der Waals surface area (Å²) in [5.74, 6) is 0.610. The standard InChI is InChI=1S/C8H14ClN3O3S/c1-3-4-7-10-11-8(16(9,13)14)12(7)5-6-15-2/h3-6H2,1-2H3. The molecule has 16 heavy (non-hydrogen) atoms. The Morgan fingerprint density at radius 1 is 1.44 bits per heavy atom. The molecule has 8 heteroatoms. The van der Waals surface area contributed by atoms with Gasteiger partial charge >= 0.3 is 0 Å². The Kier molecular flexibility index (Phi) is 4.69. The maximum Gasteiger partial charge on any atom is 0.296 e. The van der Waals surface area contributed by atoms with Crippen molar-refractivity contribution in [1.82, 2.24) is 14.8 Å². The summed E-state index contributed by atoms with van der Waals surface area (Å²) < 4.78 is 28.9. The molecule has 0 aromatic carbocycles. The van der Waals surface area contributed by atoms with E-state index in [9.17, 15) is 8.42 Å². The number of methoxy groups -OCH3 is 1. The van der Waals surface area contributed by atoms with Gasteiger partial charge in [-0.2, -0.15) is 0 Å². The normalized spacial score (nSPS) is 11.9. The highest BCUT2D eigenvalue weighted by Crippen LogP contribution is 2.14. The summed E-state index contributed by atoms with van der Waals surface area (Å²) in [6.07, 6.45) is 1.51. The molecule has 0 bridgehead atoms. The molecule has 6 nitrogen and oxygen atoms in total. The lowest BCUT2D eigenvalue weighted by Gasteiger charge is -2.07. The average molecular weight is 268 g/mol. The lowest BCUT2D eigenvalue weighted by Crippen LogP contribution is -2.13. The predicted octanol–water partition coefficient (Wildman–Crippen LogP) is 0.804. The van der Waals surface area contributed by atoms with E-state index in [4.69, 9.17) is 15.4 Å². The first-order chi connectivity index (χ1) is 7.50. The Bertz CT molecular complexity index is 443. The second-order valence-corrected chi connectivity index (χ2v) is 5.69. The van der Waals surface area contributed by atoms with Crippen LogP contribution in [0, 0.1) is 0 Å². The van der Waals surface area contributed by atoms with Crippen molar-refractivity contribution in [2.24, 2.45) is 0 Å². The Morgan fingerprint density at radius 3 is 2.62 bits per heavy atom. The van der Waals surface area contributed by atoms with Gasteiger partial charge in [-0.05, 0) is 6.42 Å². The molecule has 0 amide bonds. The number of aryl methyl sites for hydroxylation is 1. The zero-order chi connectivity index (χ0) is 12.2. The summed E-state index contributed by atoms with van der Waals surface area (Å²) in [6.45, 7) is 2.73. The molecule has 0 saturated carbocycles. The van der Waals surface area contributed by atoms with E-state index in [1.54, 1.807) is 7.11 Å². The van der Waals surface area contributed by atoms with E-state index in [0.29, 0.717) is 25.4 Å². The van der Waals surface area contributed by atoms with Gasteiger partial charge in [0, 0.05) is 30.8 Å². The van der Waals surface area contributed by atoms with Crippen molar-refractivity contribution >= 4 is 19.7 Å². The van der Waals surface area contributed by atoms with Crippen molar-refractivity contribution in [3.8, 4) is 0 Å². The summed E-state index contributed by atoms with van der Waals surface area (Å²) in [7, 11) is 2.95. The van der Waals surface area contributed by atoms with E-state index < -0.39 is 9.05 Å². The summed E-state index contributed by atoms with van der Waals surface area (Å²) in [6, 6.07) is 0. The number of rotatable bonds is 6. The van der Waals surface area contributed by atoms with Crippen LogP contribution in [0.15, 0.2) is 5.16 Å². The van der Waals surface area contributed by atoms with Gasteiger partial charge in [0.1, 0.15) is 5.82 Å². The van der Waals surface area contributed by atoms with Crippen LogP contribution in [0.5, 0.6) is 0 Å². The van der Waals surface area contributed by atoms with Crippen molar-refractivity contribution in [3.63, 3.8) is 0 Å². The van der Waals surface area contributed by atoms with Crippen molar-refractivity contribution in [3.05, 3.63) is 5.82 Å². The SMILES string of the molecule is CCCc1nnc(S(=O)(=O)Cl)n1CCOC. The number of aromatic nitrogens is 3. The van der Waals surface area contributed by atoms with Gasteiger partial charge in [0.15, 0.2) is 0 Å². The molecule has 1 heterocycles. The maximum atomic E-state index is 11.2. The number of nitrogens with zero attached hydrogens (tertiary/aromatic N) is 3. The largest absolute Gasteiger partial charge is 0.383 e. The summed E-state index contributed by atoms with van der Waals surface area (Å²) in [5.41, 5.74) is 0. The lowest BCUT2D eigenvalue weighted by molar-refractivity contribution is 0.183. The van der Waals surface area contributed by atoms with Gasteiger partial charge in [-0.15, -0.1) is 10.2 Å².